The zero-order valence-corrected chi connectivity index (χ0v) is 5.09. The summed E-state index contributed by atoms with van der Waals surface area (Å²) in [5.74, 6) is 5.21. The van der Waals surface area contributed by atoms with E-state index in [1.807, 2.05) is 6.92 Å². The summed E-state index contributed by atoms with van der Waals surface area (Å²) in [7, 11) is 0. The van der Waals surface area contributed by atoms with Gasteiger partial charge in [0.15, 0.2) is 0 Å². The Hall–Kier alpha value is -0.830. The van der Waals surface area contributed by atoms with E-state index in [0.29, 0.717) is 5.90 Å². The third kappa shape index (κ3) is 3.36. The van der Waals surface area contributed by atoms with Gasteiger partial charge >= 0.3 is 0 Å². The second kappa shape index (κ2) is 4.33. The van der Waals surface area contributed by atoms with Gasteiger partial charge < -0.3 is 4.84 Å². The summed E-state index contributed by atoms with van der Waals surface area (Å²) in [6.45, 7) is 3.55. The number of nitrogens with zero attached hydrogens (tertiary/aromatic N) is 1. The van der Waals surface area contributed by atoms with Gasteiger partial charge in [0.1, 0.15) is 0 Å². The first-order valence-electron chi connectivity index (χ1n) is 2.33. The fourth-order valence-electron chi connectivity index (χ4n) is 0.210. The lowest BCUT2D eigenvalue weighted by Gasteiger charge is -1.89. The molecule has 8 heavy (non-hydrogen) atoms. The Morgan fingerprint density at radius 2 is 2.38 bits per heavy atom. The van der Waals surface area contributed by atoms with Crippen molar-refractivity contribution in [3.8, 4) is 0 Å². The number of aliphatic imine (C=N–C) groups is 1. The van der Waals surface area contributed by atoms with Crippen molar-refractivity contribution in [1.29, 1.82) is 0 Å². The first-order chi connectivity index (χ1) is 3.81. The van der Waals surface area contributed by atoms with Crippen molar-refractivity contribution in [1.82, 2.24) is 0 Å². The monoisotopic (exact) mass is 114 g/mol. The Kier molecular flexibility index (Phi) is 3.88. The van der Waals surface area contributed by atoms with Crippen molar-refractivity contribution >= 4 is 5.90 Å². The van der Waals surface area contributed by atoms with E-state index in [9.17, 15) is 0 Å². The largest absolute Gasteiger partial charge is 0.396 e. The normalized spacial score (nSPS) is 12.6. The summed E-state index contributed by atoms with van der Waals surface area (Å²) in [6, 6.07) is 0. The number of rotatable bonds is 1. The van der Waals surface area contributed by atoms with E-state index in [4.69, 9.17) is 5.90 Å². The molecule has 0 rings (SSSR count). The quantitative estimate of drug-likeness (QED) is 0.312. The molecule has 0 bridgehead atoms. The molecule has 0 radical (unpaired) electrons. The molecule has 0 aromatic rings. The summed E-state index contributed by atoms with van der Waals surface area (Å²) >= 11 is 0. The summed E-state index contributed by atoms with van der Waals surface area (Å²) in [5, 5.41) is 0. The molecule has 0 heterocycles. The van der Waals surface area contributed by atoms with Crippen LogP contribution >= 0.6 is 0 Å². The van der Waals surface area contributed by atoms with E-state index in [0.717, 1.165) is 0 Å². The molecule has 0 spiro atoms. The van der Waals surface area contributed by atoms with Crippen LogP contribution in [-0.2, 0) is 4.84 Å². The van der Waals surface area contributed by atoms with Crippen LogP contribution in [0.25, 0.3) is 0 Å². The molecular weight excluding hydrogens is 104 g/mol. The Morgan fingerprint density at radius 1 is 1.75 bits per heavy atom. The smallest absolute Gasteiger partial charge is 0.210 e. The van der Waals surface area contributed by atoms with Crippen molar-refractivity contribution in [3.63, 3.8) is 0 Å². The van der Waals surface area contributed by atoms with Crippen LogP contribution in [0.15, 0.2) is 17.3 Å². The van der Waals surface area contributed by atoms with Gasteiger partial charge in [-0.15, -0.1) is 0 Å². The highest BCUT2D eigenvalue weighted by Crippen LogP contribution is 1.77. The Labute approximate surface area is 48.8 Å². The average Bonchev–Trinajstić information content (AvgIpc) is 1.83. The van der Waals surface area contributed by atoms with E-state index >= 15 is 0 Å². The molecule has 0 aliphatic carbocycles. The van der Waals surface area contributed by atoms with E-state index in [-0.39, 0.29) is 0 Å². The average molecular weight is 114 g/mol. The van der Waals surface area contributed by atoms with Crippen LogP contribution in [0.3, 0.4) is 0 Å². The number of hydrogen-bond acceptors (Lipinski definition) is 3. The SMILES string of the molecule is C/C=C/N=C(C)ON. The predicted molar refractivity (Wildman–Crippen MR) is 33.2 cm³/mol. The molecule has 2 N–H and O–H groups in total. The summed E-state index contributed by atoms with van der Waals surface area (Å²) in [6.07, 6.45) is 3.41. The summed E-state index contributed by atoms with van der Waals surface area (Å²) < 4.78 is 0. The van der Waals surface area contributed by atoms with Crippen molar-refractivity contribution in [2.75, 3.05) is 0 Å². The molecule has 0 aromatic carbocycles. The minimum atomic E-state index is 0.461. The van der Waals surface area contributed by atoms with Gasteiger partial charge in [-0.25, -0.2) is 4.99 Å². The fourth-order valence-corrected chi connectivity index (χ4v) is 0.210. The van der Waals surface area contributed by atoms with Gasteiger partial charge in [-0.3, -0.25) is 0 Å². The van der Waals surface area contributed by atoms with Crippen molar-refractivity contribution in [3.05, 3.63) is 12.3 Å². The Morgan fingerprint density at radius 3 is 2.75 bits per heavy atom. The number of nitrogens with two attached hydrogens (primary N) is 1. The topological polar surface area (TPSA) is 47.6 Å². The lowest BCUT2D eigenvalue weighted by atomic mass is 10.7. The zero-order chi connectivity index (χ0) is 6.41. The van der Waals surface area contributed by atoms with Gasteiger partial charge in [-0.1, -0.05) is 6.08 Å². The third-order valence-electron chi connectivity index (χ3n) is 0.576. The first-order valence-corrected chi connectivity index (χ1v) is 2.33. The predicted octanol–water partition coefficient (Wildman–Crippen LogP) is 0.829. The molecule has 0 unspecified atom stereocenters. The highest BCUT2D eigenvalue weighted by atomic mass is 16.6. The molecule has 0 atom stereocenters. The second-order valence-electron chi connectivity index (χ2n) is 1.25. The van der Waals surface area contributed by atoms with Gasteiger partial charge in [-0.05, 0) is 6.92 Å². The molecule has 3 nitrogen and oxygen atoms in total. The number of hydrogen-bond donors (Lipinski definition) is 1. The maximum Gasteiger partial charge on any atom is 0.210 e. The van der Waals surface area contributed by atoms with Gasteiger partial charge in [0.05, 0.1) is 0 Å². The van der Waals surface area contributed by atoms with Crippen molar-refractivity contribution in [2.45, 2.75) is 13.8 Å². The molecular formula is C5H10N2O. The van der Waals surface area contributed by atoms with E-state index in [2.05, 4.69) is 9.83 Å². The highest BCUT2D eigenvalue weighted by Gasteiger charge is 1.78. The third-order valence-corrected chi connectivity index (χ3v) is 0.576. The Bertz CT molecular complexity index is 107. The molecule has 3 heteroatoms. The molecule has 0 fully saturated rings. The first kappa shape index (κ1) is 7.17. The highest BCUT2D eigenvalue weighted by molar-refractivity contribution is 5.73. The lowest BCUT2D eigenvalue weighted by molar-refractivity contribution is 0.318. The minimum absolute atomic E-state index is 0.461. The van der Waals surface area contributed by atoms with Gasteiger partial charge in [0, 0.05) is 13.1 Å². The standard InChI is InChI=1S/C5H10N2O/c1-3-4-7-5(2)8-6/h3-4H,6H2,1-2H3/b4-3+,7-5?. The molecule has 0 aromatic heterocycles. The van der Waals surface area contributed by atoms with E-state index < -0.39 is 0 Å². The van der Waals surface area contributed by atoms with E-state index in [1.165, 1.54) is 0 Å². The van der Waals surface area contributed by atoms with Crippen LogP contribution in [0.4, 0.5) is 0 Å². The molecule has 0 saturated heterocycles. The van der Waals surface area contributed by atoms with Crippen molar-refractivity contribution in [2.24, 2.45) is 10.9 Å². The van der Waals surface area contributed by atoms with Crippen molar-refractivity contribution < 1.29 is 4.84 Å². The molecule has 46 valence electrons. The van der Waals surface area contributed by atoms with Gasteiger partial charge in [-0.2, -0.15) is 5.90 Å². The molecule has 0 aliphatic heterocycles. The van der Waals surface area contributed by atoms with Crippen LogP contribution in [0.1, 0.15) is 13.8 Å². The maximum atomic E-state index is 4.75. The van der Waals surface area contributed by atoms with Crippen LogP contribution < -0.4 is 5.90 Å². The maximum absolute atomic E-state index is 4.75. The Balaban J connectivity index is 3.57. The van der Waals surface area contributed by atoms with Crippen LogP contribution in [0.5, 0.6) is 0 Å². The molecule has 0 aliphatic rings. The second-order valence-corrected chi connectivity index (χ2v) is 1.25. The zero-order valence-electron chi connectivity index (χ0n) is 5.09. The van der Waals surface area contributed by atoms with Gasteiger partial charge in [0.2, 0.25) is 5.90 Å². The summed E-state index contributed by atoms with van der Waals surface area (Å²) in [5.41, 5.74) is 0. The fraction of sp³-hybridized carbons (Fsp3) is 0.400. The number of allylic oxidation sites excluding steroid dienone is 1. The van der Waals surface area contributed by atoms with Crippen LogP contribution in [-0.4, -0.2) is 5.90 Å². The van der Waals surface area contributed by atoms with Crippen LogP contribution in [0.2, 0.25) is 0 Å². The molecule has 0 saturated carbocycles. The lowest BCUT2D eigenvalue weighted by Crippen LogP contribution is -2.04. The van der Waals surface area contributed by atoms with Gasteiger partial charge in [0.25, 0.3) is 0 Å². The molecule has 0 amide bonds. The summed E-state index contributed by atoms with van der Waals surface area (Å²) in [4.78, 5) is 8.00. The minimum Gasteiger partial charge on any atom is -0.396 e. The van der Waals surface area contributed by atoms with E-state index in [1.54, 1.807) is 19.2 Å². The van der Waals surface area contributed by atoms with Crippen LogP contribution in [0, 0.1) is 0 Å².